The number of piperidine rings is 1. The second-order valence-electron chi connectivity index (χ2n) is 13.0. The molecular formula is C36H35Cl2FN8O. The average molecular weight is 686 g/mol. The van der Waals surface area contributed by atoms with E-state index in [1.807, 2.05) is 35.1 Å². The highest BCUT2D eigenvalue weighted by atomic mass is 35.5. The first-order valence-electron chi connectivity index (χ1n) is 15.7. The Labute approximate surface area is 288 Å². The number of halogens is 3. The number of nitrogens with zero attached hydrogens (tertiary/aromatic N) is 6. The number of carbonyl (C=O) groups excluding carboxylic acids is 1. The lowest BCUT2D eigenvalue weighted by molar-refractivity contribution is 0.0865. The van der Waals surface area contributed by atoms with Crippen molar-refractivity contribution in [2.45, 2.75) is 58.2 Å². The zero-order chi connectivity index (χ0) is 34.2. The summed E-state index contributed by atoms with van der Waals surface area (Å²) in [6.45, 7) is 10.2. The van der Waals surface area contributed by atoms with Gasteiger partial charge in [-0.1, -0.05) is 46.6 Å². The van der Waals surface area contributed by atoms with E-state index < -0.39 is 11.9 Å². The van der Waals surface area contributed by atoms with E-state index in [4.69, 9.17) is 23.2 Å². The largest absolute Gasteiger partial charge is 0.373 e. The summed E-state index contributed by atoms with van der Waals surface area (Å²) in [6.07, 6.45) is 5.33. The first-order chi connectivity index (χ1) is 22.9. The lowest BCUT2D eigenvalue weighted by Crippen LogP contribution is -2.46. The first-order valence-corrected chi connectivity index (χ1v) is 16.5. The number of carbonyl (C=O) groups is 1. The third-order valence-corrected chi connectivity index (χ3v) is 9.36. The molecule has 1 fully saturated rings. The molecule has 1 saturated heterocycles. The number of nitrogens with one attached hydrogen (secondary N) is 2. The van der Waals surface area contributed by atoms with Crippen LogP contribution in [0, 0.1) is 17.1 Å². The van der Waals surface area contributed by atoms with Crippen LogP contribution in [0.2, 0.25) is 10.0 Å². The van der Waals surface area contributed by atoms with Crippen LogP contribution in [-0.4, -0.2) is 49.3 Å². The molecule has 2 N–H and O–H groups in total. The Balaban J connectivity index is 1.39. The molecule has 2 aromatic heterocycles. The molecule has 1 atom stereocenters. The predicted octanol–water partition coefficient (Wildman–Crippen LogP) is 8.73. The van der Waals surface area contributed by atoms with Crippen molar-refractivity contribution in [1.82, 2.24) is 24.9 Å². The highest BCUT2D eigenvalue weighted by Crippen LogP contribution is 2.37. The molecule has 0 unspecified atom stereocenters. The monoisotopic (exact) mass is 684 g/mol. The topological polar surface area (TPSA) is 112 Å². The minimum Gasteiger partial charge on any atom is -0.373 e. The van der Waals surface area contributed by atoms with Crippen LogP contribution in [0.3, 0.4) is 0 Å². The number of benzene rings is 3. The summed E-state index contributed by atoms with van der Waals surface area (Å²) < 4.78 is 15.8. The Bertz CT molecular complexity index is 2040. The van der Waals surface area contributed by atoms with Crippen molar-refractivity contribution >= 4 is 57.0 Å². The number of rotatable bonds is 8. The number of nitriles is 1. The van der Waals surface area contributed by atoms with E-state index in [-0.39, 0.29) is 28.0 Å². The van der Waals surface area contributed by atoms with Gasteiger partial charge in [-0.2, -0.15) is 5.26 Å². The zero-order valence-electron chi connectivity index (χ0n) is 27.1. The van der Waals surface area contributed by atoms with Gasteiger partial charge in [0.2, 0.25) is 0 Å². The minimum absolute atomic E-state index is 0.0506. The number of hydrogen-bond donors (Lipinski definition) is 2. The number of fused-ring (bicyclic) bond motifs is 1. The van der Waals surface area contributed by atoms with Gasteiger partial charge in [0.1, 0.15) is 17.6 Å². The molecule has 0 radical (unpaired) electrons. The van der Waals surface area contributed by atoms with Gasteiger partial charge in [-0.3, -0.25) is 14.7 Å². The predicted molar refractivity (Wildman–Crippen MR) is 188 cm³/mol. The van der Waals surface area contributed by atoms with E-state index in [1.165, 1.54) is 31.3 Å². The van der Waals surface area contributed by atoms with Crippen molar-refractivity contribution in [1.29, 1.82) is 5.26 Å². The second kappa shape index (κ2) is 13.5. The smallest absolute Gasteiger partial charge is 0.159 e. The van der Waals surface area contributed by atoms with E-state index in [1.54, 1.807) is 12.1 Å². The third kappa shape index (κ3) is 6.99. The van der Waals surface area contributed by atoms with Gasteiger partial charge in [0.25, 0.3) is 0 Å². The fraction of sp³-hybridized carbons (Fsp3) is 0.306. The highest BCUT2D eigenvalue weighted by Gasteiger charge is 2.29. The van der Waals surface area contributed by atoms with Gasteiger partial charge in [-0.05, 0) is 82.5 Å². The summed E-state index contributed by atoms with van der Waals surface area (Å²) in [7, 11) is 0. The third-order valence-electron chi connectivity index (χ3n) is 8.78. The number of aromatic nitrogens is 4. The maximum atomic E-state index is 13.9. The molecule has 6 rings (SSSR count). The van der Waals surface area contributed by atoms with Gasteiger partial charge >= 0.3 is 0 Å². The summed E-state index contributed by atoms with van der Waals surface area (Å²) in [5, 5.41) is 26.8. The van der Waals surface area contributed by atoms with Crippen LogP contribution in [-0.2, 0) is 0 Å². The average Bonchev–Trinajstić information content (AvgIpc) is 3.55. The fourth-order valence-electron chi connectivity index (χ4n) is 6.11. The molecule has 48 heavy (non-hydrogen) atoms. The van der Waals surface area contributed by atoms with Crippen LogP contribution in [0.5, 0.6) is 0 Å². The lowest BCUT2D eigenvalue weighted by Gasteiger charge is -2.40. The summed E-state index contributed by atoms with van der Waals surface area (Å²) in [5.41, 5.74) is 4.47. The van der Waals surface area contributed by atoms with E-state index in [0.717, 1.165) is 31.5 Å². The van der Waals surface area contributed by atoms with Crippen molar-refractivity contribution in [3.05, 3.63) is 105 Å². The Hall–Kier alpha value is -4.56. The lowest BCUT2D eigenvalue weighted by atomic mass is 9.98. The molecule has 1 aliphatic rings. The van der Waals surface area contributed by atoms with Gasteiger partial charge in [-0.25, -0.2) is 9.07 Å². The van der Waals surface area contributed by atoms with Gasteiger partial charge < -0.3 is 10.6 Å². The number of pyridine rings is 1. The van der Waals surface area contributed by atoms with Crippen LogP contribution in [0.4, 0.5) is 21.5 Å². The molecule has 12 heteroatoms. The van der Waals surface area contributed by atoms with Crippen molar-refractivity contribution < 1.29 is 9.18 Å². The molecule has 0 aliphatic carbocycles. The summed E-state index contributed by atoms with van der Waals surface area (Å²) in [4.78, 5) is 19.3. The zero-order valence-corrected chi connectivity index (χ0v) is 28.6. The number of Topliss-reactive ketones (excluding diaryl/α,β-unsaturated/α-hetero) is 1. The SMILES string of the molecule is CC(=O)c1cccc([C@H](Nc2cc(Cl)c3ncc(C#N)c(Nc4ccc(F)c(Cl)c4)c3c2)c2cn(C3CCN(C(C)(C)C)CC3)nn2)c1. The van der Waals surface area contributed by atoms with Crippen molar-refractivity contribution in [2.75, 3.05) is 23.7 Å². The maximum Gasteiger partial charge on any atom is 0.159 e. The summed E-state index contributed by atoms with van der Waals surface area (Å²) in [5.74, 6) is -0.602. The molecule has 0 saturated carbocycles. The standard InChI is InChI=1S/C36H35Cl2FN8O/c1-21(48)22-6-5-7-23(14-22)34(32-20-47(45-44-32)27-10-12-46(13-11-27)36(2,3)4)43-26-15-28-33(42-25-8-9-31(39)29(37)16-25)24(18-40)19-41-35(28)30(38)17-26/h5-9,14-17,19-20,27,34,43H,10-13H2,1-4H3,(H,41,42)/t34-/m0/s1. The van der Waals surface area contributed by atoms with E-state index in [9.17, 15) is 14.4 Å². The highest BCUT2D eigenvalue weighted by molar-refractivity contribution is 6.36. The molecule has 246 valence electrons. The normalized spacial score (nSPS) is 14.9. The number of anilines is 3. The van der Waals surface area contributed by atoms with Gasteiger partial charge in [0.15, 0.2) is 5.78 Å². The summed E-state index contributed by atoms with van der Waals surface area (Å²) in [6, 6.07) is 17.1. The summed E-state index contributed by atoms with van der Waals surface area (Å²) >= 11 is 12.8. The maximum absolute atomic E-state index is 13.9. The van der Waals surface area contributed by atoms with Gasteiger partial charge in [-0.15, -0.1) is 5.10 Å². The molecule has 9 nitrogen and oxygen atoms in total. The molecule has 3 heterocycles. The van der Waals surface area contributed by atoms with E-state index in [0.29, 0.717) is 44.2 Å². The van der Waals surface area contributed by atoms with Crippen LogP contribution in [0.25, 0.3) is 10.9 Å². The first kappa shape index (κ1) is 33.3. The second-order valence-corrected chi connectivity index (χ2v) is 13.9. The van der Waals surface area contributed by atoms with E-state index in [2.05, 4.69) is 57.7 Å². The van der Waals surface area contributed by atoms with Crippen molar-refractivity contribution in [3.8, 4) is 6.07 Å². The van der Waals surface area contributed by atoms with E-state index >= 15 is 0 Å². The number of hydrogen-bond acceptors (Lipinski definition) is 8. The van der Waals surface area contributed by atoms with Crippen LogP contribution in [0.15, 0.2) is 67.0 Å². The number of likely N-dealkylation sites (tertiary alicyclic amines) is 1. The molecule has 0 spiro atoms. The Morgan fingerprint density at radius 1 is 1.06 bits per heavy atom. The molecule has 0 bridgehead atoms. The molecule has 0 amide bonds. The molecular weight excluding hydrogens is 650 g/mol. The Morgan fingerprint density at radius 3 is 2.50 bits per heavy atom. The quantitative estimate of drug-likeness (QED) is 0.156. The van der Waals surface area contributed by atoms with Gasteiger partial charge in [0.05, 0.1) is 45.1 Å². The van der Waals surface area contributed by atoms with Crippen LogP contribution >= 0.6 is 23.2 Å². The Morgan fingerprint density at radius 2 is 1.81 bits per heavy atom. The van der Waals surface area contributed by atoms with Crippen molar-refractivity contribution in [2.24, 2.45) is 0 Å². The molecule has 1 aliphatic heterocycles. The molecule has 5 aromatic rings. The van der Waals surface area contributed by atoms with Crippen LogP contribution in [0.1, 0.15) is 79.8 Å². The minimum atomic E-state index is -0.552. The van der Waals surface area contributed by atoms with Gasteiger partial charge in [0, 0.05) is 47.1 Å². The number of ketones is 1. The van der Waals surface area contributed by atoms with Crippen LogP contribution < -0.4 is 10.6 Å². The van der Waals surface area contributed by atoms with Crippen molar-refractivity contribution in [3.63, 3.8) is 0 Å². The fourth-order valence-corrected chi connectivity index (χ4v) is 6.56. The Kier molecular flexibility index (Phi) is 9.39. The molecule has 3 aromatic carbocycles.